The molecule has 0 aliphatic carbocycles. The maximum atomic E-state index is 13.4. The molecule has 0 radical (unpaired) electrons. The third-order valence-electron chi connectivity index (χ3n) is 6.78. The number of ketones is 1. The van der Waals surface area contributed by atoms with Crippen LogP contribution >= 0.6 is 0 Å². The van der Waals surface area contributed by atoms with Gasteiger partial charge < -0.3 is 19.5 Å². The summed E-state index contributed by atoms with van der Waals surface area (Å²) in [5.41, 5.74) is 2.21. The van der Waals surface area contributed by atoms with Crippen LogP contribution in [0, 0.1) is 0 Å². The second kappa shape index (κ2) is 12.3. The second-order valence-corrected chi connectivity index (χ2v) is 9.59. The molecule has 6 nitrogen and oxygen atoms in total. The SMILES string of the molecule is CCCOc1ccc(/C(O)=C2\C(=O)C(=O)N(CCc3ccccc3)C2c2cccc(Oc3ccccc3)c2)cc1. The average molecular weight is 534 g/mol. The van der Waals surface area contributed by atoms with Gasteiger partial charge in [0.05, 0.1) is 18.2 Å². The Labute approximate surface area is 234 Å². The molecule has 1 saturated heterocycles. The molecule has 202 valence electrons. The van der Waals surface area contributed by atoms with Crippen LogP contribution in [0.15, 0.2) is 115 Å². The maximum Gasteiger partial charge on any atom is 0.295 e. The van der Waals surface area contributed by atoms with E-state index in [0.717, 1.165) is 12.0 Å². The Bertz CT molecular complexity index is 1500. The van der Waals surface area contributed by atoms with Crippen molar-refractivity contribution in [3.63, 3.8) is 0 Å². The van der Waals surface area contributed by atoms with E-state index < -0.39 is 17.7 Å². The number of para-hydroxylation sites is 1. The molecule has 6 heteroatoms. The molecule has 0 saturated carbocycles. The van der Waals surface area contributed by atoms with E-state index in [9.17, 15) is 14.7 Å². The summed E-state index contributed by atoms with van der Waals surface area (Å²) in [7, 11) is 0. The Balaban J connectivity index is 1.53. The van der Waals surface area contributed by atoms with E-state index in [1.165, 1.54) is 0 Å². The summed E-state index contributed by atoms with van der Waals surface area (Å²) in [5, 5.41) is 11.4. The molecular weight excluding hydrogens is 502 g/mol. The number of likely N-dealkylation sites (tertiary alicyclic amines) is 1. The molecule has 1 heterocycles. The van der Waals surface area contributed by atoms with Crippen molar-refractivity contribution in [1.82, 2.24) is 4.90 Å². The smallest absolute Gasteiger partial charge is 0.295 e. The highest BCUT2D eigenvalue weighted by Crippen LogP contribution is 2.41. The van der Waals surface area contributed by atoms with Crippen molar-refractivity contribution in [3.8, 4) is 17.2 Å². The fourth-order valence-corrected chi connectivity index (χ4v) is 4.81. The van der Waals surface area contributed by atoms with Gasteiger partial charge in [-0.15, -0.1) is 0 Å². The summed E-state index contributed by atoms with van der Waals surface area (Å²) < 4.78 is 11.7. The molecule has 4 aromatic rings. The van der Waals surface area contributed by atoms with Crippen LogP contribution in [-0.4, -0.2) is 34.8 Å². The van der Waals surface area contributed by atoms with Crippen LogP contribution in [0.4, 0.5) is 0 Å². The summed E-state index contributed by atoms with van der Waals surface area (Å²) in [6, 6.07) is 32.6. The summed E-state index contributed by atoms with van der Waals surface area (Å²) in [5.74, 6) is 0.333. The molecule has 1 N–H and O–H groups in total. The van der Waals surface area contributed by atoms with Gasteiger partial charge >= 0.3 is 0 Å². The number of rotatable bonds is 10. The van der Waals surface area contributed by atoms with Gasteiger partial charge in [-0.25, -0.2) is 0 Å². The molecular formula is C34H31NO5. The normalized spacial score (nSPS) is 16.2. The predicted molar refractivity (Wildman–Crippen MR) is 154 cm³/mol. The Morgan fingerprint density at radius 1 is 0.800 bits per heavy atom. The van der Waals surface area contributed by atoms with Gasteiger partial charge in [0.25, 0.3) is 11.7 Å². The highest BCUT2D eigenvalue weighted by Gasteiger charge is 2.46. The molecule has 1 fully saturated rings. The number of ether oxygens (including phenoxy) is 2. The fraction of sp³-hybridized carbons (Fsp3) is 0.176. The monoisotopic (exact) mass is 533 g/mol. The number of nitrogens with zero attached hydrogens (tertiary/aromatic N) is 1. The topological polar surface area (TPSA) is 76.1 Å². The second-order valence-electron chi connectivity index (χ2n) is 9.59. The zero-order valence-electron chi connectivity index (χ0n) is 22.3. The molecule has 4 aromatic carbocycles. The molecule has 0 bridgehead atoms. The Morgan fingerprint density at radius 2 is 1.48 bits per heavy atom. The summed E-state index contributed by atoms with van der Waals surface area (Å²) >= 11 is 0. The standard InChI is InChI=1S/C34H31NO5/c1-2-22-39-27-18-16-25(17-19-27)32(36)30-31(26-12-9-15-29(23-26)40-28-13-7-4-8-14-28)35(34(38)33(30)37)21-20-24-10-5-3-6-11-24/h3-19,23,31,36H,2,20-22H2,1H3/b32-30+. The lowest BCUT2D eigenvalue weighted by Gasteiger charge is -2.26. The number of carbonyl (C=O) groups is 2. The first kappa shape index (κ1) is 26.8. The number of hydrogen-bond donors (Lipinski definition) is 1. The maximum absolute atomic E-state index is 13.4. The number of carbonyl (C=O) groups excluding carboxylic acids is 2. The minimum Gasteiger partial charge on any atom is -0.507 e. The quantitative estimate of drug-likeness (QED) is 0.136. The Hall–Kier alpha value is -4.84. The Kier molecular flexibility index (Phi) is 8.26. The lowest BCUT2D eigenvalue weighted by molar-refractivity contribution is -0.139. The van der Waals surface area contributed by atoms with Crippen LogP contribution in [0.1, 0.15) is 36.1 Å². The number of aliphatic hydroxyl groups excluding tert-OH is 1. The van der Waals surface area contributed by atoms with Crippen molar-refractivity contribution in [2.24, 2.45) is 0 Å². The Morgan fingerprint density at radius 3 is 2.17 bits per heavy atom. The molecule has 5 rings (SSSR count). The van der Waals surface area contributed by atoms with Gasteiger partial charge in [0.1, 0.15) is 23.0 Å². The molecule has 40 heavy (non-hydrogen) atoms. The summed E-state index contributed by atoms with van der Waals surface area (Å²) in [6.07, 6.45) is 1.44. The largest absolute Gasteiger partial charge is 0.507 e. The van der Waals surface area contributed by atoms with Gasteiger partial charge in [-0.3, -0.25) is 9.59 Å². The van der Waals surface area contributed by atoms with Crippen LogP contribution in [0.5, 0.6) is 17.2 Å². The van der Waals surface area contributed by atoms with Crippen molar-refractivity contribution in [2.45, 2.75) is 25.8 Å². The first-order valence-electron chi connectivity index (χ1n) is 13.4. The summed E-state index contributed by atoms with van der Waals surface area (Å²) in [4.78, 5) is 28.4. The van der Waals surface area contributed by atoms with Crippen LogP contribution in [0.2, 0.25) is 0 Å². The van der Waals surface area contributed by atoms with E-state index >= 15 is 0 Å². The van der Waals surface area contributed by atoms with Crippen molar-refractivity contribution in [2.75, 3.05) is 13.2 Å². The number of Topliss-reactive ketones (excluding diaryl/α,β-unsaturated/α-hetero) is 1. The van der Waals surface area contributed by atoms with Crippen LogP contribution in [-0.2, 0) is 16.0 Å². The number of aliphatic hydroxyl groups is 1. The number of amides is 1. The molecule has 1 unspecified atom stereocenters. The van der Waals surface area contributed by atoms with Gasteiger partial charge in [-0.05, 0) is 72.5 Å². The summed E-state index contributed by atoms with van der Waals surface area (Å²) in [6.45, 7) is 2.92. The highest BCUT2D eigenvalue weighted by atomic mass is 16.5. The zero-order chi connectivity index (χ0) is 27.9. The van der Waals surface area contributed by atoms with Crippen LogP contribution in [0.25, 0.3) is 5.76 Å². The van der Waals surface area contributed by atoms with Crippen molar-refractivity contribution in [3.05, 3.63) is 131 Å². The minimum atomic E-state index is -0.779. The van der Waals surface area contributed by atoms with Gasteiger partial charge in [-0.1, -0.05) is 67.6 Å². The molecule has 0 aromatic heterocycles. The molecule has 1 atom stereocenters. The first-order valence-corrected chi connectivity index (χ1v) is 13.4. The fourth-order valence-electron chi connectivity index (χ4n) is 4.81. The zero-order valence-corrected chi connectivity index (χ0v) is 22.3. The van der Waals surface area contributed by atoms with Crippen molar-refractivity contribution >= 4 is 17.4 Å². The minimum absolute atomic E-state index is 0.0529. The van der Waals surface area contributed by atoms with E-state index in [1.807, 2.05) is 91.9 Å². The van der Waals surface area contributed by atoms with Crippen molar-refractivity contribution < 1.29 is 24.2 Å². The molecule has 1 aliphatic rings. The third-order valence-corrected chi connectivity index (χ3v) is 6.78. The average Bonchev–Trinajstić information content (AvgIpc) is 3.25. The van der Waals surface area contributed by atoms with Gasteiger partial charge in [0, 0.05) is 12.1 Å². The van der Waals surface area contributed by atoms with Gasteiger partial charge in [-0.2, -0.15) is 0 Å². The van der Waals surface area contributed by atoms with Crippen molar-refractivity contribution in [1.29, 1.82) is 0 Å². The van der Waals surface area contributed by atoms with Crippen LogP contribution in [0.3, 0.4) is 0 Å². The van der Waals surface area contributed by atoms with Gasteiger partial charge in [0.2, 0.25) is 0 Å². The van der Waals surface area contributed by atoms with E-state index in [0.29, 0.717) is 47.9 Å². The third kappa shape index (κ3) is 5.91. The van der Waals surface area contributed by atoms with Crippen LogP contribution < -0.4 is 9.47 Å². The van der Waals surface area contributed by atoms with E-state index in [2.05, 4.69) is 0 Å². The molecule has 1 aliphatic heterocycles. The van der Waals surface area contributed by atoms with E-state index in [-0.39, 0.29) is 11.3 Å². The predicted octanol–water partition coefficient (Wildman–Crippen LogP) is 6.93. The molecule has 0 spiro atoms. The number of benzene rings is 4. The van der Waals surface area contributed by atoms with E-state index in [1.54, 1.807) is 29.2 Å². The molecule has 1 amide bonds. The van der Waals surface area contributed by atoms with E-state index in [4.69, 9.17) is 9.47 Å². The van der Waals surface area contributed by atoms with Gasteiger partial charge in [0.15, 0.2) is 0 Å². The lowest BCUT2D eigenvalue weighted by atomic mass is 9.95. The lowest BCUT2D eigenvalue weighted by Crippen LogP contribution is -2.31. The number of hydrogen-bond acceptors (Lipinski definition) is 5. The highest BCUT2D eigenvalue weighted by molar-refractivity contribution is 6.46. The first-order chi connectivity index (χ1) is 19.5.